The van der Waals surface area contributed by atoms with Crippen LogP contribution >= 0.6 is 12.0 Å². The van der Waals surface area contributed by atoms with Crippen molar-refractivity contribution in [3.05, 3.63) is 41.1 Å². The van der Waals surface area contributed by atoms with Gasteiger partial charge in [-0.3, -0.25) is 4.79 Å². The van der Waals surface area contributed by atoms with Crippen molar-refractivity contribution in [1.29, 1.82) is 0 Å². The average molecular weight is 227 g/mol. The first-order valence-corrected chi connectivity index (χ1v) is 5.01. The number of carbonyl (C=O) groups excluding carboxylic acids is 1. The molecule has 1 aromatic rings. The molecule has 0 aliphatic rings. The van der Waals surface area contributed by atoms with Gasteiger partial charge in [0.1, 0.15) is 5.82 Å². The largest absolute Gasteiger partial charge is 0.326 e. The standard InChI is InChI=1S/C10H10FNO2S/c1-7-6-8(2-3-9(7)11)12-10(13)4-5-15-14/h2-6,14H,1H3,(H,12,13). The van der Waals surface area contributed by atoms with Crippen molar-refractivity contribution in [2.24, 2.45) is 0 Å². The predicted octanol–water partition coefficient (Wildman–Crippen LogP) is 2.79. The number of hydrogen-bond acceptors (Lipinski definition) is 3. The van der Waals surface area contributed by atoms with Crippen LogP contribution in [0.4, 0.5) is 10.1 Å². The second kappa shape index (κ2) is 5.53. The third-order valence-electron chi connectivity index (χ3n) is 1.71. The van der Waals surface area contributed by atoms with Crippen molar-refractivity contribution in [2.75, 3.05) is 5.32 Å². The summed E-state index contributed by atoms with van der Waals surface area (Å²) in [6.07, 6.45) is 1.18. The monoisotopic (exact) mass is 227 g/mol. The van der Waals surface area contributed by atoms with E-state index in [0.717, 1.165) is 0 Å². The smallest absolute Gasteiger partial charge is 0.248 e. The molecule has 0 heterocycles. The molecule has 0 fully saturated rings. The van der Waals surface area contributed by atoms with Crippen LogP contribution < -0.4 is 5.32 Å². The summed E-state index contributed by atoms with van der Waals surface area (Å²) < 4.78 is 21.2. The van der Waals surface area contributed by atoms with E-state index in [9.17, 15) is 9.18 Å². The van der Waals surface area contributed by atoms with Gasteiger partial charge in [-0.2, -0.15) is 0 Å². The molecule has 15 heavy (non-hydrogen) atoms. The zero-order valence-electron chi connectivity index (χ0n) is 8.03. The number of halogens is 1. The summed E-state index contributed by atoms with van der Waals surface area (Å²) in [5, 5.41) is 3.77. The summed E-state index contributed by atoms with van der Waals surface area (Å²) in [6, 6.07) is 4.29. The summed E-state index contributed by atoms with van der Waals surface area (Å²) in [6.45, 7) is 1.62. The van der Waals surface area contributed by atoms with Gasteiger partial charge in [0, 0.05) is 29.2 Å². The highest BCUT2D eigenvalue weighted by Gasteiger charge is 2.00. The summed E-state index contributed by atoms with van der Waals surface area (Å²) in [5.41, 5.74) is 0.986. The van der Waals surface area contributed by atoms with Gasteiger partial charge in [-0.05, 0) is 30.7 Å². The zero-order chi connectivity index (χ0) is 11.3. The molecule has 80 valence electrons. The molecular weight excluding hydrogens is 217 g/mol. The number of amides is 1. The highest BCUT2D eigenvalue weighted by molar-refractivity contribution is 7.96. The van der Waals surface area contributed by atoms with E-state index in [4.69, 9.17) is 4.55 Å². The van der Waals surface area contributed by atoms with Gasteiger partial charge in [0.2, 0.25) is 5.91 Å². The second-order valence-electron chi connectivity index (χ2n) is 2.86. The summed E-state index contributed by atoms with van der Waals surface area (Å²) in [4.78, 5) is 11.2. The normalized spacial score (nSPS) is 10.6. The van der Waals surface area contributed by atoms with Gasteiger partial charge in [0.25, 0.3) is 0 Å². The van der Waals surface area contributed by atoms with Crippen molar-refractivity contribution in [3.63, 3.8) is 0 Å². The number of anilines is 1. The Labute approximate surface area is 91.2 Å². The Bertz CT molecular complexity index is 393. The second-order valence-corrected chi connectivity index (χ2v) is 3.34. The fourth-order valence-corrected chi connectivity index (χ4v) is 1.18. The Morgan fingerprint density at radius 3 is 2.93 bits per heavy atom. The molecule has 0 aromatic heterocycles. The maximum atomic E-state index is 12.9. The molecule has 1 amide bonds. The molecule has 0 aliphatic heterocycles. The van der Waals surface area contributed by atoms with Gasteiger partial charge in [0.15, 0.2) is 0 Å². The fraction of sp³-hybridized carbons (Fsp3) is 0.100. The summed E-state index contributed by atoms with van der Waals surface area (Å²) in [5.74, 6) is -0.683. The molecule has 0 saturated carbocycles. The Hall–Kier alpha value is -1.33. The third kappa shape index (κ3) is 3.73. The van der Waals surface area contributed by atoms with Crippen LogP contribution in [-0.2, 0) is 4.79 Å². The molecule has 0 radical (unpaired) electrons. The molecule has 2 N–H and O–H groups in total. The summed E-state index contributed by atoms with van der Waals surface area (Å²) >= 11 is 0.445. The van der Waals surface area contributed by atoms with Crippen LogP contribution in [0, 0.1) is 12.7 Å². The highest BCUT2D eigenvalue weighted by Crippen LogP contribution is 2.13. The minimum Gasteiger partial charge on any atom is -0.326 e. The number of carbonyl (C=O) groups is 1. The van der Waals surface area contributed by atoms with Gasteiger partial charge >= 0.3 is 0 Å². The van der Waals surface area contributed by atoms with Crippen LogP contribution in [0.2, 0.25) is 0 Å². The van der Waals surface area contributed by atoms with E-state index in [1.54, 1.807) is 6.92 Å². The highest BCUT2D eigenvalue weighted by atomic mass is 32.2. The molecule has 0 saturated heterocycles. The number of hydrogen-bond donors (Lipinski definition) is 2. The maximum absolute atomic E-state index is 12.9. The van der Waals surface area contributed by atoms with Crippen molar-refractivity contribution in [3.8, 4) is 0 Å². The van der Waals surface area contributed by atoms with Crippen LogP contribution in [0.5, 0.6) is 0 Å². The van der Waals surface area contributed by atoms with E-state index >= 15 is 0 Å². The first kappa shape index (κ1) is 11.7. The zero-order valence-corrected chi connectivity index (χ0v) is 8.84. The molecule has 5 heteroatoms. The minimum atomic E-state index is -0.373. The number of nitrogens with one attached hydrogen (secondary N) is 1. The van der Waals surface area contributed by atoms with Crippen LogP contribution in [0.25, 0.3) is 0 Å². The van der Waals surface area contributed by atoms with E-state index in [1.807, 2.05) is 0 Å². The lowest BCUT2D eigenvalue weighted by Gasteiger charge is -2.03. The van der Waals surface area contributed by atoms with Crippen molar-refractivity contribution >= 4 is 23.6 Å². The van der Waals surface area contributed by atoms with Gasteiger partial charge in [-0.25, -0.2) is 4.39 Å². The van der Waals surface area contributed by atoms with E-state index in [0.29, 0.717) is 23.3 Å². The quantitative estimate of drug-likeness (QED) is 0.616. The molecule has 0 spiro atoms. The van der Waals surface area contributed by atoms with Gasteiger partial charge in [-0.1, -0.05) is 0 Å². The fourth-order valence-electron chi connectivity index (χ4n) is 0.999. The summed E-state index contributed by atoms with van der Waals surface area (Å²) in [7, 11) is 0. The molecule has 0 bridgehead atoms. The van der Waals surface area contributed by atoms with Crippen molar-refractivity contribution in [2.45, 2.75) is 6.92 Å². The molecule has 3 nitrogen and oxygen atoms in total. The van der Waals surface area contributed by atoms with Crippen molar-refractivity contribution < 1.29 is 13.7 Å². The first-order valence-electron chi connectivity index (χ1n) is 4.17. The average Bonchev–Trinajstić information content (AvgIpc) is 2.20. The van der Waals surface area contributed by atoms with E-state index in [-0.39, 0.29) is 11.7 Å². The van der Waals surface area contributed by atoms with E-state index in [1.165, 1.54) is 29.7 Å². The van der Waals surface area contributed by atoms with E-state index in [2.05, 4.69) is 5.32 Å². The Morgan fingerprint density at radius 2 is 2.33 bits per heavy atom. The molecule has 0 aliphatic carbocycles. The number of aryl methyl sites for hydroxylation is 1. The topological polar surface area (TPSA) is 49.3 Å². The maximum Gasteiger partial charge on any atom is 0.248 e. The molecule has 1 rings (SSSR count). The molecule has 0 atom stereocenters. The van der Waals surface area contributed by atoms with Crippen LogP contribution in [0.3, 0.4) is 0 Å². The molecule has 0 unspecified atom stereocenters. The minimum absolute atomic E-state index is 0.311. The lowest BCUT2D eigenvalue weighted by molar-refractivity contribution is -0.111. The van der Waals surface area contributed by atoms with Gasteiger partial charge in [-0.15, -0.1) is 0 Å². The first-order chi connectivity index (χ1) is 7.13. The van der Waals surface area contributed by atoms with Crippen molar-refractivity contribution in [1.82, 2.24) is 0 Å². The van der Waals surface area contributed by atoms with E-state index < -0.39 is 0 Å². The van der Waals surface area contributed by atoms with Gasteiger partial charge in [0.05, 0.1) is 0 Å². The Balaban J connectivity index is 2.69. The molecule has 1 aromatic carbocycles. The Morgan fingerprint density at radius 1 is 1.60 bits per heavy atom. The Kier molecular flexibility index (Phi) is 4.33. The SMILES string of the molecule is Cc1cc(NC(=O)C=CSO)ccc1F. The van der Waals surface area contributed by atoms with Crippen LogP contribution in [-0.4, -0.2) is 10.5 Å². The van der Waals surface area contributed by atoms with Crippen LogP contribution in [0.15, 0.2) is 29.7 Å². The predicted molar refractivity (Wildman–Crippen MR) is 59.1 cm³/mol. The van der Waals surface area contributed by atoms with Gasteiger partial charge < -0.3 is 9.87 Å². The lowest BCUT2D eigenvalue weighted by Crippen LogP contribution is -2.07. The molecular formula is C10H10FNO2S. The number of rotatable bonds is 3. The van der Waals surface area contributed by atoms with Crippen LogP contribution in [0.1, 0.15) is 5.56 Å². The third-order valence-corrected chi connectivity index (χ3v) is 1.96. The lowest BCUT2D eigenvalue weighted by atomic mass is 10.2. The number of benzene rings is 1.